The Hall–Kier alpha value is -3.17. The molecule has 0 bridgehead atoms. The summed E-state index contributed by atoms with van der Waals surface area (Å²) in [7, 11) is 0. The molecule has 1 atom stereocenters. The number of anilines is 1. The minimum atomic E-state index is -0.380. The van der Waals surface area contributed by atoms with Crippen molar-refractivity contribution < 1.29 is 9.21 Å². The summed E-state index contributed by atoms with van der Waals surface area (Å²) in [6, 6.07) is 13.6. The number of hydrogen-bond acceptors (Lipinski definition) is 7. The summed E-state index contributed by atoms with van der Waals surface area (Å²) in [6.45, 7) is 3.70. The Bertz CT molecular complexity index is 1160. The number of nitrogens with zero attached hydrogens (tertiary/aromatic N) is 3. The molecule has 1 amide bonds. The van der Waals surface area contributed by atoms with E-state index in [0.29, 0.717) is 16.1 Å². The van der Waals surface area contributed by atoms with Crippen molar-refractivity contribution >= 4 is 46.3 Å². The van der Waals surface area contributed by atoms with Crippen molar-refractivity contribution in [3.63, 3.8) is 0 Å². The van der Waals surface area contributed by atoms with Gasteiger partial charge >= 0.3 is 0 Å². The zero-order valence-electron chi connectivity index (χ0n) is 16.3. The second-order valence-electron chi connectivity index (χ2n) is 6.44. The number of hydrogen-bond donors (Lipinski definition) is 2. The van der Waals surface area contributed by atoms with Crippen LogP contribution in [-0.4, -0.2) is 31.3 Å². The molecule has 9 heteroatoms. The molecule has 4 rings (SSSR count). The van der Waals surface area contributed by atoms with Crippen LogP contribution < -0.4 is 5.32 Å². The SMILES string of the molecule is Cc1ccc(/C=C/c2nc(SC(C)C(=O)Nc3nc(-c4ccccc4)cs3)n[nH]2)o1. The summed E-state index contributed by atoms with van der Waals surface area (Å²) in [6.07, 6.45) is 3.59. The number of aryl methyl sites for hydroxylation is 1. The summed E-state index contributed by atoms with van der Waals surface area (Å²) >= 11 is 2.67. The highest BCUT2D eigenvalue weighted by Gasteiger charge is 2.18. The molecule has 0 aliphatic rings. The van der Waals surface area contributed by atoms with E-state index < -0.39 is 0 Å². The number of thiazole rings is 1. The minimum Gasteiger partial charge on any atom is -0.462 e. The molecular formula is C21H19N5O2S2. The quantitative estimate of drug-likeness (QED) is 0.390. The van der Waals surface area contributed by atoms with Gasteiger partial charge in [-0.1, -0.05) is 42.1 Å². The summed E-state index contributed by atoms with van der Waals surface area (Å²) in [5.41, 5.74) is 1.86. The number of aromatic nitrogens is 4. The van der Waals surface area contributed by atoms with E-state index in [2.05, 4.69) is 25.5 Å². The van der Waals surface area contributed by atoms with Crippen LogP contribution in [0.15, 0.2) is 57.4 Å². The van der Waals surface area contributed by atoms with Gasteiger partial charge in [0.1, 0.15) is 17.3 Å². The number of thioether (sulfide) groups is 1. The van der Waals surface area contributed by atoms with E-state index in [1.807, 2.05) is 67.8 Å². The van der Waals surface area contributed by atoms with Crippen molar-refractivity contribution in [2.75, 3.05) is 5.32 Å². The van der Waals surface area contributed by atoms with Crippen LogP contribution in [0.3, 0.4) is 0 Å². The molecule has 0 spiro atoms. The second-order valence-corrected chi connectivity index (χ2v) is 8.60. The number of furan rings is 1. The Morgan fingerprint density at radius 3 is 2.80 bits per heavy atom. The fourth-order valence-corrected chi connectivity index (χ4v) is 4.03. The topological polar surface area (TPSA) is 96.7 Å². The third kappa shape index (κ3) is 5.05. The maximum absolute atomic E-state index is 12.5. The van der Waals surface area contributed by atoms with Gasteiger partial charge in [0.15, 0.2) is 5.13 Å². The van der Waals surface area contributed by atoms with E-state index in [4.69, 9.17) is 4.42 Å². The largest absolute Gasteiger partial charge is 0.462 e. The first-order chi connectivity index (χ1) is 14.6. The Morgan fingerprint density at radius 2 is 2.03 bits per heavy atom. The average molecular weight is 438 g/mol. The molecule has 1 unspecified atom stereocenters. The number of H-pyrrole nitrogens is 1. The van der Waals surface area contributed by atoms with Gasteiger partial charge < -0.3 is 9.73 Å². The highest BCUT2D eigenvalue weighted by molar-refractivity contribution is 8.00. The number of nitrogens with one attached hydrogen (secondary N) is 2. The monoisotopic (exact) mass is 437 g/mol. The smallest absolute Gasteiger partial charge is 0.239 e. The Labute approximate surface area is 181 Å². The summed E-state index contributed by atoms with van der Waals surface area (Å²) in [5.74, 6) is 2.03. The van der Waals surface area contributed by atoms with Gasteiger partial charge in [0.2, 0.25) is 11.1 Å². The van der Waals surface area contributed by atoms with Crippen molar-refractivity contribution in [1.29, 1.82) is 0 Å². The van der Waals surface area contributed by atoms with E-state index in [-0.39, 0.29) is 11.2 Å². The predicted octanol–water partition coefficient (Wildman–Crippen LogP) is 5.12. The number of carbonyl (C=O) groups excluding carboxylic acids is 1. The van der Waals surface area contributed by atoms with E-state index in [1.165, 1.54) is 23.1 Å². The number of aromatic amines is 1. The molecule has 30 heavy (non-hydrogen) atoms. The minimum absolute atomic E-state index is 0.151. The molecule has 0 aliphatic heterocycles. The standard InChI is InChI=1S/C21H19N5O2S2/c1-13-8-9-16(28-13)10-11-18-23-21(26-25-18)30-14(2)19(27)24-20-22-17(12-29-20)15-6-4-3-5-7-15/h3-12,14H,1-2H3,(H,22,24,27)(H,23,25,26)/b11-10+. The van der Waals surface area contributed by atoms with Crippen LogP contribution in [0.25, 0.3) is 23.4 Å². The normalized spacial score (nSPS) is 12.3. The van der Waals surface area contributed by atoms with Crippen molar-refractivity contribution in [2.24, 2.45) is 0 Å². The van der Waals surface area contributed by atoms with E-state index >= 15 is 0 Å². The lowest BCUT2D eigenvalue weighted by molar-refractivity contribution is -0.115. The summed E-state index contributed by atoms with van der Waals surface area (Å²) in [4.78, 5) is 21.4. The van der Waals surface area contributed by atoms with Gasteiger partial charge in [-0.3, -0.25) is 9.89 Å². The number of amides is 1. The molecule has 152 valence electrons. The van der Waals surface area contributed by atoms with Crippen LogP contribution in [0.4, 0.5) is 5.13 Å². The Balaban J connectivity index is 1.33. The number of carbonyl (C=O) groups is 1. The van der Waals surface area contributed by atoms with Crippen LogP contribution in [0.2, 0.25) is 0 Å². The highest BCUT2D eigenvalue weighted by atomic mass is 32.2. The molecule has 0 saturated heterocycles. The van der Waals surface area contributed by atoms with Gasteiger partial charge in [-0.05, 0) is 38.1 Å². The molecule has 4 aromatic rings. The van der Waals surface area contributed by atoms with Crippen LogP contribution in [-0.2, 0) is 4.79 Å². The molecule has 1 aromatic carbocycles. The third-order valence-corrected chi connectivity index (χ3v) is 5.82. The molecule has 0 fully saturated rings. The molecular weight excluding hydrogens is 418 g/mol. The number of benzene rings is 1. The van der Waals surface area contributed by atoms with Crippen molar-refractivity contribution in [2.45, 2.75) is 24.3 Å². The summed E-state index contributed by atoms with van der Waals surface area (Å²) < 4.78 is 5.48. The van der Waals surface area contributed by atoms with E-state index in [9.17, 15) is 4.79 Å². The van der Waals surface area contributed by atoms with Crippen molar-refractivity contribution in [3.8, 4) is 11.3 Å². The lowest BCUT2D eigenvalue weighted by Crippen LogP contribution is -2.22. The lowest BCUT2D eigenvalue weighted by atomic mass is 10.2. The highest BCUT2D eigenvalue weighted by Crippen LogP contribution is 2.26. The first kappa shape index (κ1) is 20.1. The molecule has 2 N–H and O–H groups in total. The molecule has 3 aromatic heterocycles. The van der Waals surface area contributed by atoms with Gasteiger partial charge in [-0.25, -0.2) is 9.97 Å². The third-order valence-electron chi connectivity index (χ3n) is 4.10. The zero-order valence-corrected chi connectivity index (χ0v) is 18.0. The van der Waals surface area contributed by atoms with Crippen molar-refractivity contribution in [3.05, 3.63) is 65.2 Å². The average Bonchev–Trinajstić information content (AvgIpc) is 3.49. The van der Waals surface area contributed by atoms with E-state index in [0.717, 1.165) is 22.8 Å². The zero-order chi connectivity index (χ0) is 20.9. The summed E-state index contributed by atoms with van der Waals surface area (Å²) in [5, 5.41) is 12.5. The Morgan fingerprint density at radius 1 is 1.20 bits per heavy atom. The molecule has 0 saturated carbocycles. The van der Waals surface area contributed by atoms with E-state index in [1.54, 1.807) is 6.08 Å². The van der Waals surface area contributed by atoms with Gasteiger partial charge in [0.05, 0.1) is 10.9 Å². The van der Waals surface area contributed by atoms with Gasteiger partial charge in [0, 0.05) is 10.9 Å². The van der Waals surface area contributed by atoms with Crippen LogP contribution in [0.5, 0.6) is 0 Å². The first-order valence-corrected chi connectivity index (χ1v) is 11.0. The second kappa shape index (κ2) is 9.10. The Kier molecular flexibility index (Phi) is 6.10. The molecule has 7 nitrogen and oxygen atoms in total. The van der Waals surface area contributed by atoms with Crippen molar-refractivity contribution in [1.82, 2.24) is 20.2 Å². The van der Waals surface area contributed by atoms with Gasteiger partial charge in [-0.15, -0.1) is 16.4 Å². The van der Waals surface area contributed by atoms with Gasteiger partial charge in [-0.2, -0.15) is 0 Å². The molecule has 0 aliphatic carbocycles. The first-order valence-electron chi connectivity index (χ1n) is 9.22. The maximum Gasteiger partial charge on any atom is 0.239 e. The van der Waals surface area contributed by atoms with Crippen LogP contribution >= 0.6 is 23.1 Å². The maximum atomic E-state index is 12.5. The predicted molar refractivity (Wildman–Crippen MR) is 120 cm³/mol. The molecule has 3 heterocycles. The van der Waals surface area contributed by atoms with Gasteiger partial charge in [0.25, 0.3) is 0 Å². The van der Waals surface area contributed by atoms with Crippen LogP contribution in [0.1, 0.15) is 24.3 Å². The molecule has 0 radical (unpaired) electrons. The fraction of sp³-hybridized carbons (Fsp3) is 0.143. The fourth-order valence-electron chi connectivity index (χ4n) is 2.58. The lowest BCUT2D eigenvalue weighted by Gasteiger charge is -2.07. The number of rotatable bonds is 7. The van der Waals surface area contributed by atoms with Crippen LogP contribution in [0, 0.1) is 6.92 Å².